The molecule has 1 fully saturated rings. The van der Waals surface area contributed by atoms with Gasteiger partial charge in [0.1, 0.15) is 0 Å². The molecule has 0 atom stereocenters. The Kier molecular flexibility index (Phi) is 8.80. The predicted octanol–water partition coefficient (Wildman–Crippen LogP) is 1.65. The van der Waals surface area contributed by atoms with Crippen molar-refractivity contribution in [1.82, 2.24) is 15.2 Å². The average Bonchev–Trinajstić information content (AvgIpc) is 2.83. The molecule has 1 saturated heterocycles. The second-order valence-corrected chi connectivity index (χ2v) is 10.2. The molecule has 0 unspecified atom stereocenters. The van der Waals surface area contributed by atoms with Gasteiger partial charge in [0.05, 0.1) is 39.8 Å². The number of nitrogens with one attached hydrogen (secondary N) is 1. The van der Waals surface area contributed by atoms with Gasteiger partial charge in [0.25, 0.3) is 5.91 Å². The number of hydrogen-bond acceptors (Lipinski definition) is 7. The van der Waals surface area contributed by atoms with Gasteiger partial charge >= 0.3 is 12.0 Å². The van der Waals surface area contributed by atoms with Gasteiger partial charge in [-0.2, -0.15) is 4.36 Å². The highest BCUT2D eigenvalue weighted by Crippen LogP contribution is 2.12. The van der Waals surface area contributed by atoms with Crippen LogP contribution in [0.5, 0.6) is 0 Å². The van der Waals surface area contributed by atoms with Crippen molar-refractivity contribution in [2.24, 2.45) is 4.36 Å². The van der Waals surface area contributed by atoms with Crippen LogP contribution in [-0.2, 0) is 19.3 Å². The molecule has 3 rings (SSSR count). The normalized spacial score (nSPS) is 14.3. The summed E-state index contributed by atoms with van der Waals surface area (Å²) >= 11 is 0. The van der Waals surface area contributed by atoms with Crippen LogP contribution in [-0.4, -0.2) is 69.7 Å². The van der Waals surface area contributed by atoms with E-state index in [1.165, 1.54) is 17.3 Å². The topological polar surface area (TPSA) is 144 Å². The molecule has 1 aromatic heterocycles. The van der Waals surface area contributed by atoms with E-state index in [0.29, 0.717) is 11.3 Å². The molecule has 3 amide bonds. The highest BCUT2D eigenvalue weighted by atomic mass is 32.2. The molecule has 2 aromatic rings. The Morgan fingerprint density at radius 3 is 2.63 bits per heavy atom. The number of pyridine rings is 1. The van der Waals surface area contributed by atoms with E-state index in [4.69, 9.17) is 10.5 Å². The number of carbonyl (C=O) groups excluding carboxylic acids is 3. The number of benzene rings is 1. The molecule has 184 valence electrons. The summed E-state index contributed by atoms with van der Waals surface area (Å²) in [6, 6.07) is 8.30. The second-order valence-electron chi connectivity index (χ2n) is 7.69. The smallest absolute Gasteiger partial charge is 0.317 e. The van der Waals surface area contributed by atoms with Gasteiger partial charge in [0.2, 0.25) is 0 Å². The summed E-state index contributed by atoms with van der Waals surface area (Å²) in [6.07, 6.45) is 2.95. The second kappa shape index (κ2) is 12.0. The Morgan fingerprint density at radius 1 is 1.17 bits per heavy atom. The Hall–Kier alpha value is -3.91. The fraction of sp³-hybridized carbons (Fsp3) is 0.333. The van der Waals surface area contributed by atoms with Gasteiger partial charge in [-0.05, 0) is 31.2 Å². The molecule has 0 bridgehead atoms. The van der Waals surface area contributed by atoms with Crippen LogP contribution in [0.25, 0.3) is 0 Å². The zero-order valence-electron chi connectivity index (χ0n) is 19.4. The number of urea groups is 1. The van der Waals surface area contributed by atoms with Crippen molar-refractivity contribution >= 4 is 33.3 Å². The third-order valence-corrected chi connectivity index (χ3v) is 7.17. The van der Waals surface area contributed by atoms with Crippen LogP contribution >= 0.6 is 0 Å². The first-order valence-corrected chi connectivity index (χ1v) is 12.9. The lowest BCUT2D eigenvalue weighted by Crippen LogP contribution is -2.48. The molecule has 35 heavy (non-hydrogen) atoms. The van der Waals surface area contributed by atoms with E-state index < -0.39 is 15.6 Å². The summed E-state index contributed by atoms with van der Waals surface area (Å²) < 4.78 is 21.9. The number of nitrogens with zero attached hydrogens (tertiary/aromatic N) is 3. The van der Waals surface area contributed by atoms with Crippen molar-refractivity contribution in [3.05, 3.63) is 59.4 Å². The largest absolute Gasteiger partial charge is 0.466 e. The molecule has 0 saturated carbocycles. The molecule has 10 nitrogen and oxygen atoms in total. The average molecular weight is 498 g/mol. The lowest BCUT2D eigenvalue weighted by atomic mass is 10.1. The SMILES string of the molecule is CCOC(=O)CCNC(=O)N1CCS(=O)(=NC(=O)c2cncc(C#Cc3cccc(N)c3)c2)CC1. The van der Waals surface area contributed by atoms with Gasteiger partial charge in [0.15, 0.2) is 0 Å². The Bertz CT molecular complexity index is 1280. The number of aromatic nitrogens is 1. The van der Waals surface area contributed by atoms with E-state index >= 15 is 0 Å². The van der Waals surface area contributed by atoms with Gasteiger partial charge in [-0.25, -0.2) is 9.00 Å². The van der Waals surface area contributed by atoms with Crippen molar-refractivity contribution in [2.75, 3.05) is 43.5 Å². The minimum atomic E-state index is -2.82. The van der Waals surface area contributed by atoms with Gasteiger partial charge in [-0.3, -0.25) is 14.6 Å². The van der Waals surface area contributed by atoms with Crippen LogP contribution in [0.2, 0.25) is 0 Å². The predicted molar refractivity (Wildman–Crippen MR) is 132 cm³/mol. The van der Waals surface area contributed by atoms with Crippen molar-refractivity contribution in [2.45, 2.75) is 13.3 Å². The third-order valence-electron chi connectivity index (χ3n) is 5.03. The van der Waals surface area contributed by atoms with Gasteiger partial charge in [-0.1, -0.05) is 17.9 Å². The lowest BCUT2D eigenvalue weighted by Gasteiger charge is -2.28. The van der Waals surface area contributed by atoms with E-state index in [1.54, 1.807) is 31.2 Å². The molecule has 2 heterocycles. The summed E-state index contributed by atoms with van der Waals surface area (Å²) in [7, 11) is -2.82. The van der Waals surface area contributed by atoms with Crippen LogP contribution in [0.3, 0.4) is 0 Å². The number of amides is 3. The fourth-order valence-corrected chi connectivity index (χ4v) is 5.03. The van der Waals surface area contributed by atoms with Crippen LogP contribution in [0, 0.1) is 11.8 Å². The van der Waals surface area contributed by atoms with Crippen LogP contribution in [0.15, 0.2) is 47.1 Å². The van der Waals surface area contributed by atoms with E-state index in [-0.39, 0.29) is 61.7 Å². The number of nitrogens with two attached hydrogens (primary N) is 1. The number of carbonyl (C=O) groups is 3. The first kappa shape index (κ1) is 25.7. The van der Waals surface area contributed by atoms with Gasteiger partial charge in [-0.15, -0.1) is 0 Å². The van der Waals surface area contributed by atoms with E-state index in [9.17, 15) is 18.6 Å². The van der Waals surface area contributed by atoms with Crippen molar-refractivity contribution in [1.29, 1.82) is 0 Å². The molecule has 11 heteroatoms. The summed E-state index contributed by atoms with van der Waals surface area (Å²) in [4.78, 5) is 41.8. The van der Waals surface area contributed by atoms with E-state index in [0.717, 1.165) is 5.56 Å². The summed E-state index contributed by atoms with van der Waals surface area (Å²) in [6.45, 7) is 2.51. The number of esters is 1. The maximum absolute atomic E-state index is 13.1. The van der Waals surface area contributed by atoms with Crippen LogP contribution in [0.4, 0.5) is 10.5 Å². The standard InChI is InChI=1S/C24H27N5O5S/c1-2-34-22(30)8-9-27-24(32)29-10-12-35(33,13-11-29)28-23(31)20-14-19(16-26-17-20)7-6-18-4-3-5-21(25)15-18/h3-5,14-17H,2,8-13,25H2,1H3,(H,27,32). The minimum absolute atomic E-state index is 0.0743. The maximum Gasteiger partial charge on any atom is 0.317 e. The molecular formula is C24H27N5O5S. The zero-order valence-corrected chi connectivity index (χ0v) is 20.2. The summed E-state index contributed by atoms with van der Waals surface area (Å²) in [5.41, 5.74) is 7.78. The summed E-state index contributed by atoms with van der Waals surface area (Å²) in [5, 5.41) is 2.64. The van der Waals surface area contributed by atoms with Gasteiger partial charge in [0, 0.05) is 48.8 Å². The highest BCUT2D eigenvalue weighted by Gasteiger charge is 2.25. The first-order chi connectivity index (χ1) is 16.8. The Morgan fingerprint density at radius 2 is 1.91 bits per heavy atom. The molecular weight excluding hydrogens is 470 g/mol. The third kappa shape index (κ3) is 7.82. The van der Waals surface area contributed by atoms with E-state index in [2.05, 4.69) is 26.5 Å². The number of anilines is 1. The molecule has 0 radical (unpaired) electrons. The molecule has 1 aliphatic heterocycles. The lowest BCUT2D eigenvalue weighted by molar-refractivity contribution is -0.142. The molecule has 3 N–H and O–H groups in total. The number of nitrogen functional groups attached to an aromatic ring is 1. The highest BCUT2D eigenvalue weighted by molar-refractivity contribution is 7.94. The van der Waals surface area contributed by atoms with Crippen molar-refractivity contribution < 1.29 is 23.3 Å². The quantitative estimate of drug-likeness (QED) is 0.363. The zero-order chi connectivity index (χ0) is 25.3. The van der Waals surface area contributed by atoms with E-state index in [1.807, 2.05) is 6.07 Å². The number of rotatable bonds is 5. The Labute approximate surface area is 204 Å². The molecule has 0 spiro atoms. The minimum Gasteiger partial charge on any atom is -0.466 e. The van der Waals surface area contributed by atoms with Gasteiger partial charge < -0.3 is 20.7 Å². The molecule has 0 aliphatic carbocycles. The maximum atomic E-state index is 13.1. The fourth-order valence-electron chi connectivity index (χ4n) is 3.22. The molecule has 1 aliphatic rings. The first-order valence-electron chi connectivity index (χ1n) is 11.1. The number of hydrogen-bond donors (Lipinski definition) is 2. The van der Waals surface area contributed by atoms with Crippen molar-refractivity contribution in [3.63, 3.8) is 0 Å². The number of ether oxygens (including phenoxy) is 1. The van der Waals surface area contributed by atoms with Crippen LogP contribution in [0.1, 0.15) is 34.8 Å². The monoisotopic (exact) mass is 497 g/mol. The summed E-state index contributed by atoms with van der Waals surface area (Å²) in [5.74, 6) is 5.02. The van der Waals surface area contributed by atoms with Crippen molar-refractivity contribution in [3.8, 4) is 11.8 Å². The Balaban J connectivity index is 1.59. The van der Waals surface area contributed by atoms with Crippen LogP contribution < -0.4 is 11.1 Å². The molecule has 1 aromatic carbocycles.